The van der Waals surface area contributed by atoms with Crippen LogP contribution in [0.1, 0.15) is 61.3 Å². The third kappa shape index (κ3) is 4.27. The Hall–Kier alpha value is -2.62. The van der Waals surface area contributed by atoms with Crippen molar-refractivity contribution in [1.29, 1.82) is 0 Å². The first-order valence-corrected chi connectivity index (χ1v) is 10.5. The summed E-state index contributed by atoms with van der Waals surface area (Å²) in [5.41, 5.74) is 12.0. The Labute approximate surface area is 167 Å². The predicted molar refractivity (Wildman–Crippen MR) is 114 cm³/mol. The molecule has 2 N–H and O–H groups in total. The van der Waals surface area contributed by atoms with Crippen LogP contribution in [0.25, 0.3) is 5.57 Å². The number of hydrogen-bond acceptors (Lipinski definition) is 3. The van der Waals surface area contributed by atoms with E-state index in [1.165, 1.54) is 29.5 Å². The van der Waals surface area contributed by atoms with Crippen LogP contribution in [0.2, 0.25) is 0 Å². The molecule has 146 valence electrons. The van der Waals surface area contributed by atoms with Crippen molar-refractivity contribution in [2.24, 2.45) is 0 Å². The number of hydrogen-bond donors (Lipinski definition) is 1. The number of nitrogen functional groups attached to an aromatic ring is 1. The molecule has 1 aliphatic heterocycles. The number of amides is 1. The molecule has 1 amide bonds. The number of rotatable bonds is 4. The molecule has 4 heteroatoms. The van der Waals surface area contributed by atoms with Crippen LogP contribution >= 0.6 is 0 Å². The van der Waals surface area contributed by atoms with E-state index >= 15 is 0 Å². The Morgan fingerprint density at radius 2 is 2.00 bits per heavy atom. The van der Waals surface area contributed by atoms with Gasteiger partial charge >= 0.3 is 0 Å². The molecule has 2 heterocycles. The summed E-state index contributed by atoms with van der Waals surface area (Å²) < 4.78 is 0. The molecule has 0 unspecified atom stereocenters. The number of benzene rings is 1. The number of anilines is 1. The fraction of sp³-hybridized carbons (Fsp3) is 0.417. The van der Waals surface area contributed by atoms with Crippen LogP contribution < -0.4 is 5.73 Å². The topological polar surface area (TPSA) is 59.2 Å². The van der Waals surface area contributed by atoms with Crippen LogP contribution in [-0.4, -0.2) is 28.9 Å². The number of piperidine rings is 1. The Morgan fingerprint density at radius 3 is 2.71 bits per heavy atom. The molecule has 0 atom stereocenters. The fourth-order valence-electron chi connectivity index (χ4n) is 4.42. The minimum atomic E-state index is 0.183. The maximum Gasteiger partial charge on any atom is 0.228 e. The zero-order chi connectivity index (χ0) is 19.3. The van der Waals surface area contributed by atoms with Gasteiger partial charge in [0.25, 0.3) is 0 Å². The van der Waals surface area contributed by atoms with Gasteiger partial charge < -0.3 is 10.6 Å². The molecule has 4 rings (SSSR count). The highest BCUT2D eigenvalue weighted by atomic mass is 16.2. The Morgan fingerprint density at radius 1 is 1.14 bits per heavy atom. The van der Waals surface area contributed by atoms with Crippen molar-refractivity contribution in [1.82, 2.24) is 9.88 Å². The van der Waals surface area contributed by atoms with E-state index in [9.17, 15) is 4.79 Å². The molecule has 28 heavy (non-hydrogen) atoms. The highest BCUT2D eigenvalue weighted by Gasteiger charge is 2.24. The zero-order valence-electron chi connectivity index (χ0n) is 16.4. The first kappa shape index (κ1) is 18.7. The number of nitrogens with two attached hydrogens (primary N) is 1. The lowest BCUT2D eigenvalue weighted by molar-refractivity contribution is -0.131. The first-order valence-electron chi connectivity index (χ1n) is 10.5. The number of allylic oxidation sites excluding steroid dienone is 2. The molecular formula is C24H29N3O. The largest absolute Gasteiger partial charge is 0.398 e. The van der Waals surface area contributed by atoms with Gasteiger partial charge in [-0.1, -0.05) is 18.2 Å². The lowest BCUT2D eigenvalue weighted by Gasteiger charge is -2.32. The molecule has 2 aliphatic rings. The molecule has 4 nitrogen and oxygen atoms in total. The average Bonchev–Trinajstić information content (AvgIpc) is 2.75. The number of pyridine rings is 1. The second kappa shape index (κ2) is 8.59. The van der Waals surface area contributed by atoms with E-state index in [-0.39, 0.29) is 5.91 Å². The average molecular weight is 376 g/mol. The molecule has 2 aromatic rings. The molecule has 1 fully saturated rings. The van der Waals surface area contributed by atoms with Gasteiger partial charge in [0, 0.05) is 36.2 Å². The van der Waals surface area contributed by atoms with Gasteiger partial charge in [-0.05, 0) is 79.8 Å². The van der Waals surface area contributed by atoms with E-state index in [2.05, 4.69) is 29.3 Å². The summed E-state index contributed by atoms with van der Waals surface area (Å²) in [4.78, 5) is 18.8. The first-order chi connectivity index (χ1) is 13.7. The van der Waals surface area contributed by atoms with Crippen molar-refractivity contribution in [3.63, 3.8) is 0 Å². The van der Waals surface area contributed by atoms with Crippen molar-refractivity contribution in [2.75, 3.05) is 18.8 Å². The summed E-state index contributed by atoms with van der Waals surface area (Å²) in [6.45, 7) is 1.64. The minimum Gasteiger partial charge on any atom is -0.398 e. The lowest BCUT2D eigenvalue weighted by atomic mass is 9.85. The molecule has 0 radical (unpaired) electrons. The number of carbonyl (C=O) groups is 1. The second-order valence-corrected chi connectivity index (χ2v) is 7.97. The van der Waals surface area contributed by atoms with E-state index < -0.39 is 0 Å². The third-order valence-corrected chi connectivity index (χ3v) is 6.09. The fourth-order valence-corrected chi connectivity index (χ4v) is 4.42. The molecule has 0 bridgehead atoms. The maximum absolute atomic E-state index is 12.6. The lowest BCUT2D eigenvalue weighted by Crippen LogP contribution is -2.38. The molecule has 1 aromatic carbocycles. The summed E-state index contributed by atoms with van der Waals surface area (Å²) in [7, 11) is 0. The summed E-state index contributed by atoms with van der Waals surface area (Å²) in [5.74, 6) is 0.685. The van der Waals surface area contributed by atoms with Gasteiger partial charge in [0.15, 0.2) is 0 Å². The van der Waals surface area contributed by atoms with E-state index in [4.69, 9.17) is 5.73 Å². The SMILES string of the molecule is Nc1ccc(C2CCN(C(=O)Cc3ccccn3)CC2)cc1C1=CCCCC1. The van der Waals surface area contributed by atoms with E-state index in [0.29, 0.717) is 12.3 Å². The zero-order valence-corrected chi connectivity index (χ0v) is 16.4. The van der Waals surface area contributed by atoms with Crippen molar-refractivity contribution in [3.8, 4) is 0 Å². The van der Waals surface area contributed by atoms with Crippen molar-refractivity contribution < 1.29 is 4.79 Å². The van der Waals surface area contributed by atoms with Crippen LogP contribution in [0.5, 0.6) is 0 Å². The highest BCUT2D eigenvalue weighted by Crippen LogP contribution is 2.35. The summed E-state index contributed by atoms with van der Waals surface area (Å²) in [5, 5.41) is 0. The predicted octanol–water partition coefficient (Wildman–Crippen LogP) is 4.57. The van der Waals surface area contributed by atoms with Crippen molar-refractivity contribution >= 4 is 17.2 Å². The van der Waals surface area contributed by atoms with Crippen molar-refractivity contribution in [2.45, 2.75) is 50.9 Å². The normalized spacial score (nSPS) is 18.0. The van der Waals surface area contributed by atoms with Crippen LogP contribution in [0.4, 0.5) is 5.69 Å². The molecule has 1 aliphatic carbocycles. The van der Waals surface area contributed by atoms with E-state index in [1.54, 1.807) is 6.20 Å². The smallest absolute Gasteiger partial charge is 0.228 e. The molecule has 1 saturated heterocycles. The third-order valence-electron chi connectivity index (χ3n) is 6.09. The summed E-state index contributed by atoms with van der Waals surface area (Å²) in [6, 6.07) is 12.3. The van der Waals surface area contributed by atoms with Gasteiger partial charge in [-0.2, -0.15) is 0 Å². The van der Waals surface area contributed by atoms with Crippen molar-refractivity contribution in [3.05, 3.63) is 65.5 Å². The van der Waals surface area contributed by atoms with E-state index in [1.807, 2.05) is 23.1 Å². The van der Waals surface area contributed by atoms with Crippen LogP contribution in [0.15, 0.2) is 48.7 Å². The van der Waals surface area contributed by atoms with Gasteiger partial charge in [-0.15, -0.1) is 0 Å². The standard InChI is InChI=1S/C24H29N3O/c25-23-10-9-20(16-22(23)19-6-2-1-3-7-19)18-11-14-27(15-12-18)24(28)17-21-8-4-5-13-26-21/h4-6,8-10,13,16,18H,1-3,7,11-12,14-15,17,25H2. The summed E-state index contributed by atoms with van der Waals surface area (Å²) >= 11 is 0. The molecule has 0 saturated carbocycles. The second-order valence-electron chi connectivity index (χ2n) is 7.97. The van der Waals surface area contributed by atoms with Gasteiger partial charge in [-0.3, -0.25) is 9.78 Å². The monoisotopic (exact) mass is 375 g/mol. The van der Waals surface area contributed by atoms with Gasteiger partial charge in [0.2, 0.25) is 5.91 Å². The number of nitrogens with zero attached hydrogens (tertiary/aromatic N) is 2. The Kier molecular flexibility index (Phi) is 5.75. The van der Waals surface area contributed by atoms with Crippen LogP contribution in [0.3, 0.4) is 0 Å². The Balaban J connectivity index is 1.40. The maximum atomic E-state index is 12.6. The quantitative estimate of drug-likeness (QED) is 0.796. The summed E-state index contributed by atoms with van der Waals surface area (Å²) in [6.07, 6.45) is 11.4. The van der Waals surface area contributed by atoms with Gasteiger partial charge in [-0.25, -0.2) is 0 Å². The van der Waals surface area contributed by atoms with Gasteiger partial charge in [0.05, 0.1) is 6.42 Å². The molecule has 1 aromatic heterocycles. The Bertz CT molecular complexity index is 851. The van der Waals surface area contributed by atoms with Gasteiger partial charge in [0.1, 0.15) is 0 Å². The molecule has 0 spiro atoms. The number of aromatic nitrogens is 1. The highest BCUT2D eigenvalue weighted by molar-refractivity contribution is 5.78. The van der Waals surface area contributed by atoms with Crippen LogP contribution in [0, 0.1) is 0 Å². The molecular weight excluding hydrogens is 346 g/mol. The van der Waals surface area contributed by atoms with E-state index in [0.717, 1.165) is 50.2 Å². The minimum absolute atomic E-state index is 0.183. The number of carbonyl (C=O) groups excluding carboxylic acids is 1. The number of likely N-dealkylation sites (tertiary alicyclic amines) is 1. The van der Waals surface area contributed by atoms with Crippen LogP contribution in [-0.2, 0) is 11.2 Å².